The fraction of sp³-hybridized carbons (Fsp3) is 0.632. The summed E-state index contributed by atoms with van der Waals surface area (Å²) in [4.78, 5) is 12.9. The van der Waals surface area contributed by atoms with Crippen LogP contribution in [0.1, 0.15) is 33.3 Å². The quantitative estimate of drug-likeness (QED) is 0.456. The van der Waals surface area contributed by atoms with Crippen molar-refractivity contribution in [2.45, 2.75) is 39.7 Å². The normalized spacial score (nSPS) is 22.0. The molecule has 30 heavy (non-hydrogen) atoms. The maximum absolute atomic E-state index is 12.6. The third kappa shape index (κ3) is 5.88. The number of benzene rings is 1. The van der Waals surface area contributed by atoms with E-state index in [9.17, 15) is 14.5 Å². The molecule has 1 unspecified atom stereocenters. The van der Waals surface area contributed by atoms with Crippen molar-refractivity contribution < 1.29 is 28.2 Å². The minimum Gasteiger partial charge on any atom is -0.597 e. The Morgan fingerprint density at radius 2 is 2.00 bits per heavy atom. The molecule has 8 nitrogen and oxygen atoms in total. The van der Waals surface area contributed by atoms with Gasteiger partial charge in [0.15, 0.2) is 6.49 Å². The van der Waals surface area contributed by atoms with Crippen molar-refractivity contribution in [2.75, 3.05) is 36.7 Å². The van der Waals surface area contributed by atoms with Crippen molar-refractivity contribution in [3.05, 3.63) is 23.8 Å². The fourth-order valence-electron chi connectivity index (χ4n) is 3.25. The molecule has 0 spiro atoms. The SMILES string of the molecule is CC1(C)COP(=S)(CCN[S+]([O-])CN(C(=O)O)c2cccc3c2OC(C)(C)C3)OC1. The van der Waals surface area contributed by atoms with Gasteiger partial charge in [-0.3, -0.25) is 0 Å². The summed E-state index contributed by atoms with van der Waals surface area (Å²) < 4.78 is 32.9. The van der Waals surface area contributed by atoms with E-state index in [1.54, 1.807) is 12.1 Å². The molecule has 1 fully saturated rings. The highest BCUT2D eigenvalue weighted by molar-refractivity contribution is 8.10. The lowest BCUT2D eigenvalue weighted by Gasteiger charge is -2.36. The molecule has 2 aliphatic heterocycles. The first-order valence-corrected chi connectivity index (χ1v) is 13.9. The van der Waals surface area contributed by atoms with E-state index in [-0.39, 0.29) is 11.3 Å². The third-order valence-electron chi connectivity index (χ3n) is 4.79. The average molecular weight is 477 g/mol. The van der Waals surface area contributed by atoms with E-state index < -0.39 is 29.5 Å². The Bertz CT molecular complexity index is 836. The van der Waals surface area contributed by atoms with Crippen molar-refractivity contribution >= 4 is 41.4 Å². The van der Waals surface area contributed by atoms with E-state index in [0.29, 0.717) is 43.8 Å². The molecule has 1 aromatic carbocycles. The molecule has 0 saturated carbocycles. The number of fused-ring (bicyclic) bond motifs is 1. The number of nitrogens with one attached hydrogen (secondary N) is 1. The summed E-state index contributed by atoms with van der Waals surface area (Å²) in [6, 6.07) is 5.37. The first kappa shape index (κ1) is 23.8. The molecule has 3 rings (SSSR count). The van der Waals surface area contributed by atoms with Gasteiger partial charge in [0.05, 0.1) is 36.8 Å². The Kier molecular flexibility index (Phi) is 7.09. The lowest BCUT2D eigenvalue weighted by atomic mass is 9.97. The Hall–Kier alpha value is -0.870. The summed E-state index contributed by atoms with van der Waals surface area (Å²) in [6.07, 6.45) is -0.0814. The van der Waals surface area contributed by atoms with Crippen LogP contribution in [0.4, 0.5) is 10.5 Å². The van der Waals surface area contributed by atoms with Gasteiger partial charge >= 0.3 is 6.09 Å². The van der Waals surface area contributed by atoms with E-state index in [4.69, 9.17) is 25.6 Å². The Morgan fingerprint density at radius 1 is 1.33 bits per heavy atom. The van der Waals surface area contributed by atoms with Crippen LogP contribution in [-0.2, 0) is 38.6 Å². The van der Waals surface area contributed by atoms with Gasteiger partial charge in [-0.25, -0.2) is 9.69 Å². The van der Waals surface area contributed by atoms with Crippen molar-refractivity contribution in [1.82, 2.24) is 4.72 Å². The maximum atomic E-state index is 12.6. The number of carboxylic acid groups (broad SMARTS) is 1. The van der Waals surface area contributed by atoms with E-state index in [0.717, 1.165) is 10.5 Å². The molecule has 1 saturated heterocycles. The van der Waals surface area contributed by atoms with Crippen LogP contribution in [-0.4, -0.2) is 53.2 Å². The number of anilines is 1. The molecule has 0 aliphatic carbocycles. The number of ether oxygens (including phenoxy) is 1. The van der Waals surface area contributed by atoms with Crippen LogP contribution in [0.5, 0.6) is 5.75 Å². The molecular formula is C19H29N2O6PS2. The zero-order valence-corrected chi connectivity index (χ0v) is 20.2. The molecule has 1 atom stereocenters. The Balaban J connectivity index is 1.59. The first-order chi connectivity index (χ1) is 13.9. The fourth-order valence-corrected chi connectivity index (χ4v) is 6.71. The van der Waals surface area contributed by atoms with Gasteiger partial charge in [-0.05, 0) is 31.7 Å². The second-order valence-corrected chi connectivity index (χ2v) is 14.0. The van der Waals surface area contributed by atoms with Crippen LogP contribution in [0, 0.1) is 5.41 Å². The maximum Gasteiger partial charge on any atom is 0.415 e. The highest BCUT2D eigenvalue weighted by Gasteiger charge is 2.36. The van der Waals surface area contributed by atoms with E-state index in [1.165, 1.54) is 0 Å². The highest BCUT2D eigenvalue weighted by atomic mass is 32.5. The van der Waals surface area contributed by atoms with Gasteiger partial charge in [-0.15, -0.1) is 4.72 Å². The number of amides is 1. The molecule has 2 N–H and O–H groups in total. The van der Waals surface area contributed by atoms with Gasteiger partial charge in [-0.2, -0.15) is 0 Å². The van der Waals surface area contributed by atoms with Crippen LogP contribution >= 0.6 is 6.49 Å². The first-order valence-electron chi connectivity index (χ1n) is 9.71. The Labute approximate surface area is 185 Å². The van der Waals surface area contributed by atoms with Gasteiger partial charge < -0.3 is 23.4 Å². The molecule has 168 valence electrons. The van der Waals surface area contributed by atoms with Gasteiger partial charge in [0.25, 0.3) is 0 Å². The number of para-hydroxylation sites is 1. The summed E-state index contributed by atoms with van der Waals surface area (Å²) >= 11 is 3.87. The summed E-state index contributed by atoms with van der Waals surface area (Å²) in [6.45, 7) is 6.98. The molecule has 2 aliphatic rings. The average Bonchev–Trinajstić information content (AvgIpc) is 2.96. The standard InChI is InChI=1S/C19H29N2O6PS2/c1-18(2)11-25-28(29,26-12-18)9-8-20-30(24)13-21(17(22)23)15-7-5-6-14-10-19(3,4)27-16(14)15/h5-7,20H,8-13H2,1-4H3,(H,22,23). The van der Waals surface area contributed by atoms with Gasteiger partial charge in [0, 0.05) is 23.6 Å². The minimum atomic E-state index is -2.40. The lowest BCUT2D eigenvalue weighted by Crippen LogP contribution is -2.41. The monoisotopic (exact) mass is 476 g/mol. The molecule has 2 heterocycles. The molecule has 1 amide bonds. The summed E-state index contributed by atoms with van der Waals surface area (Å²) in [5, 5.41) is 9.71. The minimum absolute atomic E-state index is 0.0624. The molecule has 0 bridgehead atoms. The summed E-state index contributed by atoms with van der Waals surface area (Å²) in [5.74, 6) is 0.302. The molecule has 0 aromatic heterocycles. The lowest BCUT2D eigenvalue weighted by molar-refractivity contribution is 0.0604. The van der Waals surface area contributed by atoms with Crippen molar-refractivity contribution in [2.24, 2.45) is 5.41 Å². The number of rotatable bonds is 7. The van der Waals surface area contributed by atoms with E-state index in [2.05, 4.69) is 4.72 Å². The smallest absolute Gasteiger partial charge is 0.415 e. The predicted octanol–water partition coefficient (Wildman–Crippen LogP) is 3.48. The predicted molar refractivity (Wildman–Crippen MR) is 121 cm³/mol. The van der Waals surface area contributed by atoms with Crippen LogP contribution in [0.25, 0.3) is 0 Å². The number of nitrogens with zero attached hydrogens (tertiary/aromatic N) is 1. The largest absolute Gasteiger partial charge is 0.597 e. The van der Waals surface area contributed by atoms with Crippen molar-refractivity contribution in [3.63, 3.8) is 0 Å². The number of hydrogen-bond donors (Lipinski definition) is 2. The Morgan fingerprint density at radius 3 is 2.63 bits per heavy atom. The highest BCUT2D eigenvalue weighted by Crippen LogP contribution is 2.53. The molecule has 1 aromatic rings. The summed E-state index contributed by atoms with van der Waals surface area (Å²) in [7, 11) is 0. The topological polar surface area (TPSA) is 103 Å². The van der Waals surface area contributed by atoms with Crippen LogP contribution in [0.2, 0.25) is 0 Å². The van der Waals surface area contributed by atoms with Crippen LogP contribution in [0.3, 0.4) is 0 Å². The second-order valence-electron chi connectivity index (χ2n) is 8.93. The summed E-state index contributed by atoms with van der Waals surface area (Å²) in [5.41, 5.74) is 0.868. The van der Waals surface area contributed by atoms with Gasteiger partial charge in [0.1, 0.15) is 11.4 Å². The second kappa shape index (κ2) is 8.94. The van der Waals surface area contributed by atoms with Gasteiger partial charge in [0.2, 0.25) is 5.88 Å². The van der Waals surface area contributed by atoms with Crippen molar-refractivity contribution in [1.29, 1.82) is 0 Å². The molecule has 11 heteroatoms. The zero-order chi connectivity index (χ0) is 22.2. The van der Waals surface area contributed by atoms with Crippen LogP contribution < -0.4 is 14.4 Å². The van der Waals surface area contributed by atoms with Crippen molar-refractivity contribution in [3.8, 4) is 5.75 Å². The van der Waals surface area contributed by atoms with Crippen LogP contribution in [0.15, 0.2) is 18.2 Å². The number of carbonyl (C=O) groups is 1. The van der Waals surface area contributed by atoms with Gasteiger partial charge in [-0.1, -0.05) is 26.0 Å². The van der Waals surface area contributed by atoms with E-state index in [1.807, 2.05) is 33.8 Å². The molecule has 0 radical (unpaired) electrons. The zero-order valence-electron chi connectivity index (χ0n) is 17.7. The number of hydrogen-bond acceptors (Lipinski definition) is 7. The van der Waals surface area contributed by atoms with E-state index >= 15 is 0 Å². The third-order valence-corrected chi connectivity index (χ3v) is 8.81. The molecular weight excluding hydrogens is 447 g/mol.